The molecule has 0 radical (unpaired) electrons. The number of unbranched alkanes of at least 4 members (excludes halogenated alkanes) is 1. The predicted octanol–water partition coefficient (Wildman–Crippen LogP) is 0.760. The molecule has 0 aromatic heterocycles. The number of carboxylic acids is 1. The molecular weight excluding hydrogens is 308 g/mol. The molecule has 1 saturated heterocycles. The molecule has 1 rings (SSSR count). The molecule has 8 heteroatoms. The fraction of sp³-hybridized carbons (Fsp3) is 0.857. The van der Waals surface area contributed by atoms with Crippen LogP contribution in [0.25, 0.3) is 0 Å². The quantitative estimate of drug-likeness (QED) is 0.741. The molecule has 1 aliphatic heterocycles. The molecule has 1 atom stereocenters. The first kappa shape index (κ1) is 18.9. The van der Waals surface area contributed by atoms with Crippen LogP contribution in [-0.2, 0) is 19.6 Å². The topological polar surface area (TPSA) is 95.0 Å². The fourth-order valence-electron chi connectivity index (χ4n) is 2.48. The van der Waals surface area contributed by atoms with Gasteiger partial charge < -0.3 is 10.0 Å². The number of hydrogen-bond donors (Lipinski definition) is 1. The minimum atomic E-state index is -3.23. The van der Waals surface area contributed by atoms with Crippen molar-refractivity contribution >= 4 is 21.9 Å². The molecule has 7 nitrogen and oxygen atoms in total. The number of nitrogens with zero attached hydrogens (tertiary/aromatic N) is 2. The molecule has 0 aromatic rings. The van der Waals surface area contributed by atoms with E-state index in [0.717, 1.165) is 6.42 Å². The second-order valence-electron chi connectivity index (χ2n) is 5.81. The standard InChI is InChI=1S/C14H26N2O5S/c1-4-5-10-22(20,21)16-8-6-12(7-9-16)13(17)15(3)11(2)14(18)19/h11-12H,4-10H2,1-3H3,(H,18,19). The number of carbonyl (C=O) groups is 2. The van der Waals surface area contributed by atoms with Crippen LogP contribution in [0.2, 0.25) is 0 Å². The molecule has 128 valence electrons. The van der Waals surface area contributed by atoms with Crippen molar-refractivity contribution in [2.45, 2.75) is 45.6 Å². The number of rotatable bonds is 7. The van der Waals surface area contributed by atoms with E-state index in [2.05, 4.69) is 0 Å². The van der Waals surface area contributed by atoms with Gasteiger partial charge in [0.05, 0.1) is 5.75 Å². The van der Waals surface area contributed by atoms with E-state index in [1.165, 1.54) is 23.2 Å². The molecule has 0 saturated carbocycles. The summed E-state index contributed by atoms with van der Waals surface area (Å²) in [7, 11) is -1.75. The molecule has 22 heavy (non-hydrogen) atoms. The van der Waals surface area contributed by atoms with E-state index in [9.17, 15) is 18.0 Å². The Morgan fingerprint density at radius 2 is 1.86 bits per heavy atom. The average molecular weight is 334 g/mol. The van der Waals surface area contributed by atoms with Gasteiger partial charge in [-0.1, -0.05) is 13.3 Å². The van der Waals surface area contributed by atoms with Crippen molar-refractivity contribution in [2.24, 2.45) is 5.92 Å². The normalized spacial score (nSPS) is 18.9. The van der Waals surface area contributed by atoms with Gasteiger partial charge in [0.15, 0.2) is 0 Å². The Balaban J connectivity index is 2.58. The van der Waals surface area contributed by atoms with Gasteiger partial charge in [0.25, 0.3) is 0 Å². The van der Waals surface area contributed by atoms with Crippen LogP contribution in [0.5, 0.6) is 0 Å². The maximum atomic E-state index is 12.3. The number of aliphatic carboxylic acids is 1. The lowest BCUT2D eigenvalue weighted by molar-refractivity contribution is -0.150. The van der Waals surface area contributed by atoms with Crippen molar-refractivity contribution in [3.63, 3.8) is 0 Å². The van der Waals surface area contributed by atoms with Crippen molar-refractivity contribution in [2.75, 3.05) is 25.9 Å². The summed E-state index contributed by atoms with van der Waals surface area (Å²) in [6, 6.07) is -0.876. The van der Waals surface area contributed by atoms with Gasteiger partial charge in [-0.25, -0.2) is 17.5 Å². The van der Waals surface area contributed by atoms with Crippen LogP contribution in [0, 0.1) is 5.92 Å². The third-order valence-corrected chi connectivity index (χ3v) is 6.19. The number of amides is 1. The van der Waals surface area contributed by atoms with Crippen LogP contribution in [0.15, 0.2) is 0 Å². The molecule has 1 unspecified atom stereocenters. The summed E-state index contributed by atoms with van der Waals surface area (Å²) < 4.78 is 25.7. The first-order chi connectivity index (χ1) is 10.2. The largest absolute Gasteiger partial charge is 0.480 e. The number of hydrogen-bond acceptors (Lipinski definition) is 4. The van der Waals surface area contributed by atoms with Crippen molar-refractivity contribution in [3.8, 4) is 0 Å². The smallest absolute Gasteiger partial charge is 0.326 e. The zero-order valence-electron chi connectivity index (χ0n) is 13.5. The van der Waals surface area contributed by atoms with E-state index in [1.54, 1.807) is 0 Å². The van der Waals surface area contributed by atoms with Crippen molar-refractivity contribution in [1.82, 2.24) is 9.21 Å². The SMILES string of the molecule is CCCCS(=O)(=O)N1CCC(C(=O)N(C)C(C)C(=O)O)CC1. The number of piperidine rings is 1. The molecule has 1 amide bonds. The number of carbonyl (C=O) groups excluding carboxylic acids is 1. The van der Waals surface area contributed by atoms with Gasteiger partial charge >= 0.3 is 5.97 Å². The monoisotopic (exact) mass is 334 g/mol. The molecule has 1 N–H and O–H groups in total. The number of sulfonamides is 1. The van der Waals surface area contributed by atoms with Crippen molar-refractivity contribution in [3.05, 3.63) is 0 Å². The number of likely N-dealkylation sites (N-methyl/N-ethyl adjacent to an activating group) is 1. The highest BCUT2D eigenvalue weighted by Crippen LogP contribution is 2.22. The summed E-state index contributed by atoms with van der Waals surface area (Å²) in [4.78, 5) is 24.4. The van der Waals surface area contributed by atoms with Gasteiger partial charge in [-0.2, -0.15) is 0 Å². The zero-order chi connectivity index (χ0) is 16.9. The second kappa shape index (κ2) is 7.92. The van der Waals surface area contributed by atoms with Crippen molar-refractivity contribution in [1.29, 1.82) is 0 Å². The third-order valence-electron chi connectivity index (χ3n) is 4.24. The van der Waals surface area contributed by atoms with E-state index in [4.69, 9.17) is 5.11 Å². The summed E-state index contributed by atoms with van der Waals surface area (Å²) in [5.74, 6) is -1.42. The van der Waals surface area contributed by atoms with Gasteiger partial charge in [-0.15, -0.1) is 0 Å². The Kier molecular flexibility index (Phi) is 6.80. The third kappa shape index (κ3) is 4.67. The van der Waals surface area contributed by atoms with Gasteiger partial charge in [-0.05, 0) is 26.2 Å². The molecule has 1 fully saturated rings. The Labute approximate surface area is 132 Å². The molecule has 0 aromatic carbocycles. The first-order valence-corrected chi connectivity index (χ1v) is 9.29. The lowest BCUT2D eigenvalue weighted by Gasteiger charge is -2.33. The summed E-state index contributed by atoms with van der Waals surface area (Å²) in [6.45, 7) is 4.07. The molecule has 1 heterocycles. The van der Waals surface area contributed by atoms with E-state index >= 15 is 0 Å². The summed E-state index contributed by atoms with van der Waals surface area (Å²) in [6.07, 6.45) is 2.36. The van der Waals surface area contributed by atoms with Gasteiger partial charge in [0.1, 0.15) is 6.04 Å². The summed E-state index contributed by atoms with van der Waals surface area (Å²) >= 11 is 0. The van der Waals surface area contributed by atoms with Crippen LogP contribution in [0.4, 0.5) is 0 Å². The molecule has 0 spiro atoms. The Bertz CT molecular complexity index is 497. The minimum absolute atomic E-state index is 0.151. The van der Waals surface area contributed by atoms with E-state index in [1.807, 2.05) is 6.92 Å². The number of carboxylic acid groups (broad SMARTS) is 1. The molecule has 0 aliphatic carbocycles. The van der Waals surface area contributed by atoms with Gasteiger partial charge in [0.2, 0.25) is 15.9 Å². The van der Waals surface area contributed by atoms with Gasteiger partial charge in [-0.3, -0.25) is 4.79 Å². The molecule has 0 bridgehead atoms. The fourth-order valence-corrected chi connectivity index (χ4v) is 4.16. The highest BCUT2D eigenvalue weighted by atomic mass is 32.2. The summed E-state index contributed by atoms with van der Waals surface area (Å²) in [5.41, 5.74) is 0. The minimum Gasteiger partial charge on any atom is -0.480 e. The van der Waals surface area contributed by atoms with Crippen LogP contribution in [-0.4, -0.2) is 66.5 Å². The second-order valence-corrected chi connectivity index (χ2v) is 7.89. The van der Waals surface area contributed by atoms with E-state index in [-0.39, 0.29) is 17.6 Å². The van der Waals surface area contributed by atoms with Crippen LogP contribution >= 0.6 is 0 Å². The van der Waals surface area contributed by atoms with Crippen LogP contribution in [0.3, 0.4) is 0 Å². The van der Waals surface area contributed by atoms with Crippen LogP contribution < -0.4 is 0 Å². The highest BCUT2D eigenvalue weighted by molar-refractivity contribution is 7.89. The maximum Gasteiger partial charge on any atom is 0.326 e. The highest BCUT2D eigenvalue weighted by Gasteiger charge is 2.33. The van der Waals surface area contributed by atoms with E-state index < -0.39 is 22.0 Å². The van der Waals surface area contributed by atoms with Crippen LogP contribution in [0.1, 0.15) is 39.5 Å². The lowest BCUT2D eigenvalue weighted by atomic mass is 9.96. The summed E-state index contributed by atoms with van der Waals surface area (Å²) in [5, 5.41) is 8.95. The average Bonchev–Trinajstić information content (AvgIpc) is 2.50. The maximum absolute atomic E-state index is 12.3. The predicted molar refractivity (Wildman–Crippen MR) is 82.9 cm³/mol. The first-order valence-electron chi connectivity index (χ1n) is 7.68. The molecule has 1 aliphatic rings. The lowest BCUT2D eigenvalue weighted by Crippen LogP contribution is -2.47. The molecular formula is C14H26N2O5S. The van der Waals surface area contributed by atoms with E-state index in [0.29, 0.717) is 32.4 Å². The Morgan fingerprint density at radius 1 is 1.32 bits per heavy atom. The zero-order valence-corrected chi connectivity index (χ0v) is 14.3. The van der Waals surface area contributed by atoms with Crippen molar-refractivity contribution < 1.29 is 23.1 Å². The Morgan fingerprint density at radius 3 is 2.32 bits per heavy atom. The van der Waals surface area contributed by atoms with Gasteiger partial charge in [0, 0.05) is 26.1 Å². The Hall–Kier alpha value is -1.15.